The number of hydrogen-bond acceptors (Lipinski definition) is 28. The van der Waals surface area contributed by atoms with Gasteiger partial charge in [-0.05, 0) is 165 Å². The van der Waals surface area contributed by atoms with Crippen LogP contribution in [-0.2, 0) is 105 Å². The predicted molar refractivity (Wildman–Crippen MR) is 531 cm³/mol. The Morgan fingerprint density at radius 2 is 0.631 bits per heavy atom. The summed E-state index contributed by atoms with van der Waals surface area (Å²) in [7, 11) is 0. The number of benzene rings is 2. The maximum Gasteiger partial charge on any atom is 0.335 e. The number of ketones is 5. The van der Waals surface area contributed by atoms with Crippen molar-refractivity contribution in [1.29, 1.82) is 0 Å². The first-order valence-electron chi connectivity index (χ1n) is 51.1. The van der Waals surface area contributed by atoms with Crippen LogP contribution in [0.5, 0.6) is 11.5 Å². The van der Waals surface area contributed by atoms with E-state index in [-0.39, 0.29) is 260 Å². The summed E-state index contributed by atoms with van der Waals surface area (Å²) in [4.78, 5) is 195. The number of carbonyl (C=O) groups excluding carboxylic acids is 12. The van der Waals surface area contributed by atoms with Gasteiger partial charge in [0.1, 0.15) is 67.4 Å². The average Bonchev–Trinajstić information content (AvgIpc) is 0.900. The molecule has 0 bridgehead atoms. The summed E-state index contributed by atoms with van der Waals surface area (Å²) < 4.78 is 54.9. The number of Topliss-reactive ketones (excluding diaryl/α,β-unsaturated/α-hetero) is 5. The molecule has 0 heterocycles. The molecule has 0 spiro atoms. The van der Waals surface area contributed by atoms with Crippen LogP contribution in [0.4, 0.5) is 0 Å². The van der Waals surface area contributed by atoms with Gasteiger partial charge in [0.25, 0.3) is 0 Å². The lowest BCUT2D eigenvalue weighted by molar-refractivity contribution is -0.142. The number of nitrogens with one attached hydrogen (secondary N) is 7. The van der Waals surface area contributed by atoms with Gasteiger partial charge in [0.05, 0.1) is 102 Å². The van der Waals surface area contributed by atoms with Gasteiger partial charge in [0, 0.05) is 112 Å². The molecule has 0 fully saturated rings. The van der Waals surface area contributed by atoms with Crippen molar-refractivity contribution >= 4 is 94.1 Å². The number of unbranched alkanes of at least 4 members (excludes halogenated alkanes) is 21. The quantitative estimate of drug-likeness (QED) is 0.0274. The zero-order chi connectivity index (χ0) is 103. The Labute approximate surface area is 835 Å². The largest absolute Gasteiger partial charge is 0.494 e. The normalized spacial score (nSPS) is 12.5. The molecule has 0 saturated heterocycles. The highest BCUT2D eigenvalue weighted by molar-refractivity contribution is 5.90. The van der Waals surface area contributed by atoms with Crippen LogP contribution in [0.1, 0.15) is 314 Å². The summed E-state index contributed by atoms with van der Waals surface area (Å²) >= 11 is 0. The molecule has 0 saturated carbocycles. The van der Waals surface area contributed by atoms with Crippen molar-refractivity contribution in [3.63, 3.8) is 0 Å². The van der Waals surface area contributed by atoms with Crippen LogP contribution < -0.4 is 58.2 Å². The second-order valence-electron chi connectivity index (χ2n) is 35.5. The fraction of sp³-hybridized carbons (Fsp3) is 0.725. The molecule has 39 heteroatoms. The van der Waals surface area contributed by atoms with E-state index in [2.05, 4.69) is 37.2 Å². The van der Waals surface area contributed by atoms with Crippen molar-refractivity contribution in [2.45, 2.75) is 314 Å². The highest BCUT2D eigenvalue weighted by atomic mass is 16.5. The molecule has 39 nitrogen and oxygen atoms in total. The number of carboxylic acid groups (broad SMARTS) is 4. The van der Waals surface area contributed by atoms with Crippen molar-refractivity contribution in [3.8, 4) is 11.5 Å². The van der Waals surface area contributed by atoms with E-state index < -0.39 is 54.0 Å². The fourth-order valence-electron chi connectivity index (χ4n) is 14.6. The Bertz CT molecular complexity index is 3840. The van der Waals surface area contributed by atoms with Crippen molar-refractivity contribution in [3.05, 3.63) is 59.7 Å². The number of carboxylic acids is 4. The molecule has 804 valence electrons. The standard InChI is InChI=1S/C102H167N9O30.2H2/c1-77(32-22-25-54-108-97(122)87(103)37-19-17-18-34-83(114)73-136-68-67-135-63-57-107-96(121)76-139-71-64-132-58-30-35-82(113)45-50-89(101(128)129)110-93(118)39-20-13-9-5-3-7-11-15-28-60-140-85-46-41-79(42-47-85)99(124)125)91(116)72-81(78(2)112)33-23-26-55-109-98(123)88(104)38-24-27-53-105-95(120)75-138-70-65-133-59-31-36-84(115)74-137-69-66-134-62-56-106-92(117)52-51-90(102(130)131)111-94(119)40-21-14-10-6-4-8-12-16-29-61-141-86-48-43-80(44-49-86)100(126)127;;/h41-44,46-49,77,81,87-90H,3-40,45,50-76,103-104H2,1-2H3,(H,105,120)(H,106,117)(H,107,121)(H,108,122)(H,109,123)(H,110,118)(H,111,119)(H,124,125)(H,126,127)(H,128,129)(H,130,131);2*1H/t77-,81+,87-,88-,89-,90-;;/m0../s1. The van der Waals surface area contributed by atoms with E-state index >= 15 is 0 Å². The summed E-state index contributed by atoms with van der Waals surface area (Å²) in [6.07, 6.45) is 27.2. The smallest absolute Gasteiger partial charge is 0.335 e. The lowest BCUT2D eigenvalue weighted by Crippen LogP contribution is -2.41. The Morgan fingerprint density at radius 1 is 0.298 bits per heavy atom. The van der Waals surface area contributed by atoms with Crippen LogP contribution in [0.15, 0.2) is 48.5 Å². The fourth-order valence-corrected chi connectivity index (χ4v) is 14.6. The zero-order valence-corrected chi connectivity index (χ0v) is 83.8. The summed E-state index contributed by atoms with van der Waals surface area (Å²) in [6, 6.07) is 8.93. The SMILES string of the molecule is CC(=O)[C@H](CCCCNC(=O)[C@@H](N)CCCCNC(=O)COCCOCCCC(=O)COCCOCCNC(=O)CC[C@H](NC(=O)CCCCCCCCCCCOc1ccc(C(=O)O)cc1)C(=O)O)CC(=O)[C@@H](C)CCCCNC(=O)[C@@H](N)CCCCCC(=O)COCCOCCNC(=O)COCCOCCCC(=O)CC[C@H](NC(=O)CCCCCCCCCCCOc1ccc(C(=O)O)cc1)C(=O)O.[HH].[HH]. The average molecular weight is 2000 g/mol. The highest BCUT2D eigenvalue weighted by Crippen LogP contribution is 2.22. The molecule has 2 rings (SSSR count). The summed E-state index contributed by atoms with van der Waals surface area (Å²) in [6.45, 7) is 8.03. The maximum atomic E-state index is 13.2. The number of hydrogen-bond donors (Lipinski definition) is 13. The van der Waals surface area contributed by atoms with Crippen LogP contribution in [0.25, 0.3) is 0 Å². The number of rotatable bonds is 99. The summed E-state index contributed by atoms with van der Waals surface area (Å²) in [5, 5.41) is 56.1. The minimum Gasteiger partial charge on any atom is -0.494 e. The molecule has 2 aromatic rings. The Morgan fingerprint density at radius 3 is 1.06 bits per heavy atom. The Kier molecular flexibility index (Phi) is 77.3. The van der Waals surface area contributed by atoms with Crippen molar-refractivity contribution in [1.82, 2.24) is 37.2 Å². The number of aliphatic carboxylic acids is 2. The lowest BCUT2D eigenvalue weighted by atomic mass is 9.87. The van der Waals surface area contributed by atoms with Gasteiger partial charge in [-0.15, -0.1) is 0 Å². The molecule has 0 radical (unpaired) electrons. The Balaban J connectivity index is 0.000101. The molecule has 0 aromatic heterocycles. The van der Waals surface area contributed by atoms with E-state index in [1.165, 1.54) is 31.2 Å². The van der Waals surface area contributed by atoms with Gasteiger partial charge in [-0.25, -0.2) is 19.2 Å². The van der Waals surface area contributed by atoms with Crippen molar-refractivity contribution < 1.29 is 147 Å². The van der Waals surface area contributed by atoms with Gasteiger partial charge >= 0.3 is 23.9 Å². The molecule has 2 aromatic carbocycles. The van der Waals surface area contributed by atoms with E-state index in [9.17, 15) is 86.9 Å². The van der Waals surface area contributed by atoms with Gasteiger partial charge in [-0.1, -0.05) is 122 Å². The van der Waals surface area contributed by atoms with Gasteiger partial charge in [0.2, 0.25) is 41.4 Å². The molecule has 0 unspecified atom stereocenters. The predicted octanol–water partition coefficient (Wildman–Crippen LogP) is 10.4. The first-order chi connectivity index (χ1) is 68.0. The third-order valence-corrected chi connectivity index (χ3v) is 23.2. The van der Waals surface area contributed by atoms with E-state index in [4.69, 9.17) is 69.0 Å². The zero-order valence-electron chi connectivity index (χ0n) is 83.8. The van der Waals surface area contributed by atoms with Crippen LogP contribution in [0.3, 0.4) is 0 Å². The number of aromatic carboxylic acids is 2. The third kappa shape index (κ3) is 73.8. The van der Waals surface area contributed by atoms with Crippen molar-refractivity contribution in [2.75, 3.05) is 152 Å². The minimum absolute atomic E-state index is 0. The van der Waals surface area contributed by atoms with E-state index in [1.54, 1.807) is 24.3 Å². The first kappa shape index (κ1) is 127. The van der Waals surface area contributed by atoms with Crippen LogP contribution in [0, 0.1) is 11.8 Å². The van der Waals surface area contributed by atoms with E-state index in [0.29, 0.717) is 167 Å². The highest BCUT2D eigenvalue weighted by Gasteiger charge is 2.26. The van der Waals surface area contributed by atoms with Crippen LogP contribution in [0.2, 0.25) is 0 Å². The molecular formula is C102H171N9O30. The van der Waals surface area contributed by atoms with Crippen molar-refractivity contribution in [2.24, 2.45) is 23.3 Å². The topological polar surface area (TPSA) is 583 Å². The molecule has 141 heavy (non-hydrogen) atoms. The summed E-state index contributed by atoms with van der Waals surface area (Å²) in [5.41, 5.74) is 12.7. The minimum atomic E-state index is -1.21. The van der Waals surface area contributed by atoms with Gasteiger partial charge in [0.15, 0.2) is 11.6 Å². The number of ether oxygens (including phenoxy) is 10. The second-order valence-corrected chi connectivity index (χ2v) is 35.5. The van der Waals surface area contributed by atoms with Crippen LogP contribution >= 0.6 is 0 Å². The molecule has 0 aliphatic rings. The first-order valence-corrected chi connectivity index (χ1v) is 51.1. The van der Waals surface area contributed by atoms with Crippen LogP contribution in [-0.4, -0.2) is 290 Å². The second kappa shape index (κ2) is 85.7. The molecule has 0 aliphatic heterocycles. The molecule has 6 atom stereocenters. The maximum absolute atomic E-state index is 13.2. The molecule has 0 aliphatic carbocycles. The number of nitrogens with two attached hydrogens (primary N) is 2. The molecule has 15 N–H and O–H groups in total. The Hall–Kier alpha value is -9.84. The third-order valence-electron chi connectivity index (χ3n) is 23.2. The lowest BCUT2D eigenvalue weighted by Gasteiger charge is -2.17. The van der Waals surface area contributed by atoms with Gasteiger partial charge in [-0.3, -0.25) is 57.5 Å². The van der Waals surface area contributed by atoms with Gasteiger partial charge in [-0.2, -0.15) is 0 Å². The summed E-state index contributed by atoms with van der Waals surface area (Å²) in [5.74, 6) is -6.42. The van der Waals surface area contributed by atoms with E-state index in [0.717, 1.165) is 103 Å². The number of carbonyl (C=O) groups is 16. The van der Waals surface area contributed by atoms with E-state index in [1.807, 2.05) is 6.92 Å². The number of amides is 7. The molecular weight excluding hydrogens is 1830 g/mol. The van der Waals surface area contributed by atoms with Gasteiger partial charge < -0.3 is 116 Å². The monoisotopic (exact) mass is 2000 g/mol. The molecule has 7 amide bonds.